The zero-order chi connectivity index (χ0) is 11.6. The number of aliphatic hydroxyl groups is 1. The van der Waals surface area contributed by atoms with E-state index in [9.17, 15) is 4.79 Å². The Labute approximate surface area is 86.4 Å². The Hall–Kier alpha value is -0.770. The van der Waals surface area contributed by atoms with Crippen LogP contribution in [0.15, 0.2) is 0 Å². The number of nitrogens with two attached hydrogens (primary N) is 1. The van der Waals surface area contributed by atoms with Crippen LogP contribution < -0.4 is 5.73 Å². The zero-order valence-corrected chi connectivity index (χ0v) is 9.67. The molecule has 0 aliphatic rings. The molecule has 86 valence electrons. The third-order valence-electron chi connectivity index (χ3n) is 1.17. The van der Waals surface area contributed by atoms with Gasteiger partial charge >= 0.3 is 6.09 Å². The van der Waals surface area contributed by atoms with Crippen LogP contribution in [0, 0.1) is 0 Å². The molecule has 0 aromatic rings. The van der Waals surface area contributed by atoms with Gasteiger partial charge in [0.05, 0.1) is 0 Å². The van der Waals surface area contributed by atoms with Gasteiger partial charge < -0.3 is 15.6 Å². The third kappa shape index (κ3) is 22.5. The second-order valence-corrected chi connectivity index (χ2v) is 3.96. The van der Waals surface area contributed by atoms with Gasteiger partial charge in [-0.3, -0.25) is 0 Å². The second kappa shape index (κ2) is 8.81. The van der Waals surface area contributed by atoms with Gasteiger partial charge in [0.2, 0.25) is 0 Å². The fourth-order valence-corrected chi connectivity index (χ4v) is 0.664. The Kier molecular flexibility index (Phi) is 9.88. The number of ether oxygens (including phenoxy) is 1. The van der Waals surface area contributed by atoms with E-state index in [1.165, 1.54) is 6.42 Å². The first-order valence-corrected chi connectivity index (χ1v) is 4.92. The summed E-state index contributed by atoms with van der Waals surface area (Å²) in [5.41, 5.74) is 4.26. The van der Waals surface area contributed by atoms with Crippen LogP contribution in [-0.2, 0) is 4.74 Å². The van der Waals surface area contributed by atoms with Crippen molar-refractivity contribution in [3.05, 3.63) is 0 Å². The van der Waals surface area contributed by atoms with E-state index in [1.54, 1.807) is 20.8 Å². The minimum absolute atomic E-state index is 0.355. The molecular formula is C10H23NO3. The summed E-state index contributed by atoms with van der Waals surface area (Å²) in [7, 11) is 0. The van der Waals surface area contributed by atoms with Crippen LogP contribution in [-0.4, -0.2) is 23.4 Å². The number of hydrogen-bond acceptors (Lipinski definition) is 3. The molecule has 3 N–H and O–H groups in total. The first kappa shape index (κ1) is 15.7. The maximum atomic E-state index is 10.0. The smallest absolute Gasteiger partial charge is 0.405 e. The monoisotopic (exact) mass is 205 g/mol. The number of rotatable bonds is 3. The summed E-state index contributed by atoms with van der Waals surface area (Å²) >= 11 is 0. The van der Waals surface area contributed by atoms with E-state index in [0.717, 1.165) is 12.8 Å². The van der Waals surface area contributed by atoms with Gasteiger partial charge in [0, 0.05) is 6.61 Å². The molecule has 0 aliphatic heterocycles. The molecule has 0 heterocycles. The lowest BCUT2D eigenvalue weighted by atomic mass is 10.2. The summed E-state index contributed by atoms with van der Waals surface area (Å²) in [5.74, 6) is 0. The molecule has 0 aromatic carbocycles. The Morgan fingerprint density at radius 1 is 1.36 bits per heavy atom. The SMILES string of the molecule is CC(C)(C)OC(N)=O.CCCCCO. The standard InChI is InChI=1S/C5H11NO2.C5H12O/c1-5(2,3)8-4(6)7;1-2-3-4-5-6/h1-3H3,(H2,6,7);6H,2-5H2,1H3. The Balaban J connectivity index is 0. The molecule has 0 radical (unpaired) electrons. The average Bonchev–Trinajstić information content (AvgIpc) is 1.97. The highest BCUT2D eigenvalue weighted by Gasteiger charge is 2.12. The maximum Gasteiger partial charge on any atom is 0.405 e. The first-order chi connectivity index (χ1) is 6.33. The van der Waals surface area contributed by atoms with Gasteiger partial charge in [0.15, 0.2) is 0 Å². The van der Waals surface area contributed by atoms with Crippen molar-refractivity contribution in [1.29, 1.82) is 0 Å². The van der Waals surface area contributed by atoms with Crippen LogP contribution in [0.3, 0.4) is 0 Å². The summed E-state index contributed by atoms with van der Waals surface area (Å²) in [6.45, 7) is 7.76. The molecule has 0 aliphatic carbocycles. The number of carbonyl (C=O) groups is 1. The van der Waals surface area contributed by atoms with Crippen molar-refractivity contribution >= 4 is 6.09 Å². The minimum Gasteiger partial charge on any atom is -0.444 e. The Morgan fingerprint density at radius 2 is 1.86 bits per heavy atom. The van der Waals surface area contributed by atoms with Crippen LogP contribution in [0.2, 0.25) is 0 Å². The highest BCUT2D eigenvalue weighted by Crippen LogP contribution is 2.04. The number of hydrogen-bond donors (Lipinski definition) is 2. The molecule has 0 fully saturated rings. The molecule has 0 saturated heterocycles. The summed E-state index contributed by atoms with van der Waals surface area (Å²) in [5, 5.41) is 8.20. The highest BCUT2D eigenvalue weighted by molar-refractivity contribution is 5.65. The molecule has 0 saturated carbocycles. The molecule has 0 unspecified atom stereocenters. The maximum absolute atomic E-state index is 10.0. The van der Waals surface area contributed by atoms with Crippen molar-refractivity contribution in [3.8, 4) is 0 Å². The molecule has 0 spiro atoms. The van der Waals surface area contributed by atoms with E-state index >= 15 is 0 Å². The summed E-state index contributed by atoms with van der Waals surface area (Å²) in [6.07, 6.45) is 2.60. The molecule has 4 heteroatoms. The molecule has 0 bridgehead atoms. The fourth-order valence-electron chi connectivity index (χ4n) is 0.664. The van der Waals surface area contributed by atoms with E-state index < -0.39 is 11.7 Å². The van der Waals surface area contributed by atoms with Crippen LogP contribution >= 0.6 is 0 Å². The quantitative estimate of drug-likeness (QED) is 0.692. The lowest BCUT2D eigenvalue weighted by molar-refractivity contribution is 0.0600. The normalized spacial score (nSPS) is 10.1. The van der Waals surface area contributed by atoms with Gasteiger partial charge in [-0.2, -0.15) is 0 Å². The van der Waals surface area contributed by atoms with Gasteiger partial charge in [-0.25, -0.2) is 4.79 Å². The van der Waals surface area contributed by atoms with Gasteiger partial charge in [-0.05, 0) is 27.2 Å². The summed E-state index contributed by atoms with van der Waals surface area (Å²) < 4.78 is 4.58. The average molecular weight is 205 g/mol. The minimum atomic E-state index is -0.725. The summed E-state index contributed by atoms with van der Waals surface area (Å²) in [4.78, 5) is 10.0. The number of aliphatic hydroxyl groups excluding tert-OH is 1. The van der Waals surface area contributed by atoms with Gasteiger partial charge in [-0.15, -0.1) is 0 Å². The number of carbonyl (C=O) groups excluding carboxylic acids is 1. The molecule has 1 amide bonds. The van der Waals surface area contributed by atoms with Crippen LogP contribution in [0.1, 0.15) is 47.0 Å². The van der Waals surface area contributed by atoms with Gasteiger partial charge in [0.25, 0.3) is 0 Å². The van der Waals surface area contributed by atoms with Crippen molar-refractivity contribution in [3.63, 3.8) is 0 Å². The van der Waals surface area contributed by atoms with Crippen LogP contribution in [0.4, 0.5) is 4.79 Å². The fraction of sp³-hybridized carbons (Fsp3) is 0.900. The molecular weight excluding hydrogens is 182 g/mol. The molecule has 14 heavy (non-hydrogen) atoms. The zero-order valence-electron chi connectivity index (χ0n) is 9.67. The largest absolute Gasteiger partial charge is 0.444 e. The van der Waals surface area contributed by atoms with E-state index in [0.29, 0.717) is 6.61 Å². The van der Waals surface area contributed by atoms with E-state index in [1.807, 2.05) is 0 Å². The first-order valence-electron chi connectivity index (χ1n) is 4.92. The number of primary amides is 1. The van der Waals surface area contributed by atoms with Gasteiger partial charge in [-0.1, -0.05) is 19.8 Å². The predicted molar refractivity (Wildman–Crippen MR) is 57.0 cm³/mol. The predicted octanol–water partition coefficient (Wildman–Crippen LogP) is 2.05. The van der Waals surface area contributed by atoms with Crippen molar-refractivity contribution in [2.45, 2.75) is 52.6 Å². The molecule has 0 atom stereocenters. The van der Waals surface area contributed by atoms with Crippen molar-refractivity contribution < 1.29 is 14.6 Å². The number of unbranched alkanes of at least 4 members (excludes halogenated alkanes) is 2. The lowest BCUT2D eigenvalue weighted by Gasteiger charge is -2.16. The third-order valence-corrected chi connectivity index (χ3v) is 1.17. The van der Waals surface area contributed by atoms with E-state index in [4.69, 9.17) is 10.8 Å². The van der Waals surface area contributed by atoms with Gasteiger partial charge in [0.1, 0.15) is 5.60 Å². The van der Waals surface area contributed by atoms with Crippen LogP contribution in [0.25, 0.3) is 0 Å². The Morgan fingerprint density at radius 3 is 1.93 bits per heavy atom. The second-order valence-electron chi connectivity index (χ2n) is 3.96. The lowest BCUT2D eigenvalue weighted by Crippen LogP contribution is -2.27. The topological polar surface area (TPSA) is 72.5 Å². The van der Waals surface area contributed by atoms with E-state index in [-0.39, 0.29) is 0 Å². The molecule has 4 nitrogen and oxygen atoms in total. The van der Waals surface area contributed by atoms with Crippen molar-refractivity contribution in [1.82, 2.24) is 0 Å². The molecule has 0 rings (SSSR count). The summed E-state index contributed by atoms with van der Waals surface area (Å²) in [6, 6.07) is 0. The van der Waals surface area contributed by atoms with E-state index in [2.05, 4.69) is 11.7 Å². The highest BCUT2D eigenvalue weighted by atomic mass is 16.6. The number of amides is 1. The van der Waals surface area contributed by atoms with Crippen molar-refractivity contribution in [2.75, 3.05) is 6.61 Å². The Bertz CT molecular complexity index is 137. The van der Waals surface area contributed by atoms with Crippen molar-refractivity contribution in [2.24, 2.45) is 5.73 Å². The molecule has 0 aromatic heterocycles. The van der Waals surface area contributed by atoms with Crippen LogP contribution in [0.5, 0.6) is 0 Å².